The van der Waals surface area contributed by atoms with E-state index < -0.39 is 5.97 Å². The van der Waals surface area contributed by atoms with Crippen molar-refractivity contribution in [3.8, 4) is 0 Å². The number of nitrogens with two attached hydrogens (primary N) is 1. The first-order valence-corrected chi connectivity index (χ1v) is 5.93. The summed E-state index contributed by atoms with van der Waals surface area (Å²) in [6.07, 6.45) is 0. The van der Waals surface area contributed by atoms with Crippen LogP contribution in [-0.4, -0.2) is 18.1 Å². The van der Waals surface area contributed by atoms with Crippen LogP contribution in [0.1, 0.15) is 15.9 Å². The van der Waals surface area contributed by atoms with Gasteiger partial charge in [0.15, 0.2) is 0 Å². The first-order valence-electron chi connectivity index (χ1n) is 5.93. The molecule has 19 heavy (non-hydrogen) atoms. The number of hydrogen-bond donors (Lipinski definition) is 2. The number of carboxylic acid groups (broad SMARTS) is 1. The molecule has 0 heterocycles. The number of carbonyl (C=O) groups is 1. The second kappa shape index (κ2) is 5.02. The Labute approximate surface area is 112 Å². The molecule has 0 atom stereocenters. The highest BCUT2D eigenvalue weighted by Gasteiger charge is 2.17. The van der Waals surface area contributed by atoms with E-state index in [1.54, 1.807) is 23.1 Å². The van der Waals surface area contributed by atoms with E-state index in [1.807, 2.05) is 38.2 Å². The Morgan fingerprint density at radius 1 is 1.16 bits per heavy atom. The third-order valence-electron chi connectivity index (χ3n) is 3.05. The summed E-state index contributed by atoms with van der Waals surface area (Å²) < 4.78 is 0. The maximum Gasteiger partial charge on any atom is 0.337 e. The summed E-state index contributed by atoms with van der Waals surface area (Å²) in [6.45, 7) is 2.00. The normalized spacial score (nSPS) is 10.2. The number of anilines is 3. The van der Waals surface area contributed by atoms with E-state index in [9.17, 15) is 9.90 Å². The number of aryl methyl sites for hydroxylation is 1. The van der Waals surface area contributed by atoms with Crippen molar-refractivity contribution >= 4 is 23.0 Å². The molecule has 0 saturated carbocycles. The molecule has 4 heteroatoms. The Kier molecular flexibility index (Phi) is 3.42. The standard InChI is InChI=1S/C15H16N2O2/c1-10-6-8-11(9-7-10)17(2)14-12(15(18)19)4-3-5-13(14)16/h3-9H,16H2,1-2H3,(H,18,19). The van der Waals surface area contributed by atoms with Crippen LogP contribution >= 0.6 is 0 Å². The number of para-hydroxylation sites is 1. The molecule has 3 N–H and O–H groups in total. The van der Waals surface area contributed by atoms with E-state index in [4.69, 9.17) is 5.73 Å². The molecule has 0 aliphatic carbocycles. The summed E-state index contributed by atoms with van der Waals surface area (Å²) in [4.78, 5) is 13.1. The van der Waals surface area contributed by atoms with Crippen LogP contribution < -0.4 is 10.6 Å². The minimum absolute atomic E-state index is 0.197. The molecule has 0 fully saturated rings. The van der Waals surface area contributed by atoms with Gasteiger partial charge in [0.25, 0.3) is 0 Å². The molecule has 0 aliphatic rings. The fourth-order valence-electron chi connectivity index (χ4n) is 2.01. The fraction of sp³-hybridized carbons (Fsp3) is 0.133. The number of hydrogen-bond acceptors (Lipinski definition) is 3. The molecule has 4 nitrogen and oxygen atoms in total. The summed E-state index contributed by atoms with van der Waals surface area (Å²) in [5.41, 5.74) is 9.12. The van der Waals surface area contributed by atoms with Gasteiger partial charge in [-0.1, -0.05) is 23.8 Å². The van der Waals surface area contributed by atoms with Gasteiger partial charge in [-0.25, -0.2) is 4.79 Å². The molecule has 0 bridgehead atoms. The fourth-order valence-corrected chi connectivity index (χ4v) is 2.01. The number of nitrogen functional groups attached to an aromatic ring is 1. The zero-order valence-electron chi connectivity index (χ0n) is 10.9. The molecule has 0 aliphatic heterocycles. The van der Waals surface area contributed by atoms with Crippen molar-refractivity contribution in [3.05, 3.63) is 53.6 Å². The number of aromatic carboxylic acids is 1. The minimum atomic E-state index is -0.985. The van der Waals surface area contributed by atoms with Gasteiger partial charge in [-0.2, -0.15) is 0 Å². The van der Waals surface area contributed by atoms with Crippen LogP contribution in [0.2, 0.25) is 0 Å². The Morgan fingerprint density at radius 3 is 2.37 bits per heavy atom. The first kappa shape index (κ1) is 13.0. The molecule has 0 unspecified atom stereocenters. The first-order chi connectivity index (χ1) is 9.00. The maximum atomic E-state index is 11.3. The van der Waals surface area contributed by atoms with Crippen LogP contribution in [0.25, 0.3) is 0 Å². The molecular formula is C15H16N2O2. The lowest BCUT2D eigenvalue weighted by Gasteiger charge is -2.23. The lowest BCUT2D eigenvalue weighted by molar-refractivity contribution is 0.0697. The quantitative estimate of drug-likeness (QED) is 0.828. The molecule has 0 amide bonds. The highest BCUT2D eigenvalue weighted by atomic mass is 16.4. The Morgan fingerprint density at radius 2 is 1.79 bits per heavy atom. The van der Waals surface area contributed by atoms with Crippen molar-refractivity contribution in [3.63, 3.8) is 0 Å². The van der Waals surface area contributed by atoms with E-state index in [-0.39, 0.29) is 5.56 Å². The topological polar surface area (TPSA) is 66.6 Å². The molecular weight excluding hydrogens is 240 g/mol. The van der Waals surface area contributed by atoms with E-state index in [0.29, 0.717) is 11.4 Å². The van der Waals surface area contributed by atoms with Crippen molar-refractivity contribution in [1.82, 2.24) is 0 Å². The van der Waals surface area contributed by atoms with Crippen LogP contribution in [0.4, 0.5) is 17.1 Å². The molecule has 2 rings (SSSR count). The van der Waals surface area contributed by atoms with Crippen molar-refractivity contribution in [1.29, 1.82) is 0 Å². The predicted octanol–water partition coefficient (Wildman–Crippen LogP) is 3.04. The second-order valence-electron chi connectivity index (χ2n) is 4.44. The van der Waals surface area contributed by atoms with E-state index in [1.165, 1.54) is 0 Å². The molecule has 0 radical (unpaired) electrons. The average Bonchev–Trinajstić information content (AvgIpc) is 2.38. The predicted molar refractivity (Wildman–Crippen MR) is 77.1 cm³/mol. The molecule has 0 aromatic heterocycles. The third kappa shape index (κ3) is 2.52. The van der Waals surface area contributed by atoms with E-state index in [2.05, 4.69) is 0 Å². The average molecular weight is 256 g/mol. The van der Waals surface area contributed by atoms with Gasteiger partial charge in [-0.15, -0.1) is 0 Å². The van der Waals surface area contributed by atoms with Gasteiger partial charge in [0.1, 0.15) is 0 Å². The highest BCUT2D eigenvalue weighted by molar-refractivity contribution is 5.99. The lowest BCUT2D eigenvalue weighted by atomic mass is 10.1. The van der Waals surface area contributed by atoms with Gasteiger partial charge in [-0.3, -0.25) is 0 Å². The van der Waals surface area contributed by atoms with Gasteiger partial charge in [0.2, 0.25) is 0 Å². The number of benzene rings is 2. The van der Waals surface area contributed by atoms with Crippen LogP contribution in [0.3, 0.4) is 0 Å². The number of nitrogens with zero attached hydrogens (tertiary/aromatic N) is 1. The zero-order chi connectivity index (χ0) is 14.0. The van der Waals surface area contributed by atoms with Gasteiger partial charge in [-0.05, 0) is 31.2 Å². The second-order valence-corrected chi connectivity index (χ2v) is 4.44. The smallest absolute Gasteiger partial charge is 0.337 e. The van der Waals surface area contributed by atoms with Crippen LogP contribution in [0.15, 0.2) is 42.5 Å². The summed E-state index contributed by atoms with van der Waals surface area (Å²) >= 11 is 0. The number of carboxylic acids is 1. The Hall–Kier alpha value is -2.49. The number of rotatable bonds is 3. The minimum Gasteiger partial charge on any atom is -0.478 e. The van der Waals surface area contributed by atoms with E-state index >= 15 is 0 Å². The van der Waals surface area contributed by atoms with Gasteiger partial charge < -0.3 is 15.7 Å². The van der Waals surface area contributed by atoms with Gasteiger partial charge in [0, 0.05) is 12.7 Å². The van der Waals surface area contributed by atoms with Crippen LogP contribution in [0.5, 0.6) is 0 Å². The summed E-state index contributed by atoms with van der Waals surface area (Å²) in [5.74, 6) is -0.985. The highest BCUT2D eigenvalue weighted by Crippen LogP contribution is 2.32. The molecule has 2 aromatic carbocycles. The summed E-state index contributed by atoms with van der Waals surface area (Å²) in [6, 6.07) is 12.7. The largest absolute Gasteiger partial charge is 0.478 e. The van der Waals surface area contributed by atoms with Crippen LogP contribution in [0, 0.1) is 6.92 Å². The van der Waals surface area contributed by atoms with Gasteiger partial charge >= 0.3 is 5.97 Å². The molecule has 2 aromatic rings. The van der Waals surface area contributed by atoms with Crippen molar-refractivity contribution in [2.24, 2.45) is 0 Å². The van der Waals surface area contributed by atoms with Crippen molar-refractivity contribution in [2.45, 2.75) is 6.92 Å². The Bertz CT molecular complexity index is 606. The Balaban J connectivity index is 2.52. The zero-order valence-corrected chi connectivity index (χ0v) is 10.9. The SMILES string of the molecule is Cc1ccc(N(C)c2c(N)cccc2C(=O)O)cc1. The van der Waals surface area contributed by atoms with Gasteiger partial charge in [0.05, 0.1) is 16.9 Å². The summed E-state index contributed by atoms with van der Waals surface area (Å²) in [7, 11) is 1.81. The third-order valence-corrected chi connectivity index (χ3v) is 3.05. The van der Waals surface area contributed by atoms with E-state index in [0.717, 1.165) is 11.3 Å². The monoisotopic (exact) mass is 256 g/mol. The summed E-state index contributed by atoms with van der Waals surface area (Å²) in [5, 5.41) is 9.25. The van der Waals surface area contributed by atoms with Crippen molar-refractivity contribution < 1.29 is 9.90 Å². The van der Waals surface area contributed by atoms with Crippen molar-refractivity contribution in [2.75, 3.05) is 17.7 Å². The molecule has 98 valence electrons. The molecule has 0 spiro atoms. The lowest BCUT2D eigenvalue weighted by Crippen LogP contribution is -2.16. The van der Waals surface area contributed by atoms with Crippen LogP contribution in [-0.2, 0) is 0 Å². The maximum absolute atomic E-state index is 11.3. The molecule has 0 saturated heterocycles.